The van der Waals surface area contributed by atoms with Gasteiger partial charge in [0.2, 0.25) is 0 Å². The van der Waals surface area contributed by atoms with Gasteiger partial charge in [0.05, 0.1) is 13.2 Å². The molecule has 124 valence electrons. The summed E-state index contributed by atoms with van der Waals surface area (Å²) in [5, 5.41) is 1.13. The van der Waals surface area contributed by atoms with Crippen molar-refractivity contribution >= 4 is 23.2 Å². The van der Waals surface area contributed by atoms with E-state index in [4.69, 9.17) is 27.9 Å². The van der Waals surface area contributed by atoms with Crippen LogP contribution in [0, 0.1) is 5.92 Å². The molecule has 1 aromatic carbocycles. The summed E-state index contributed by atoms with van der Waals surface area (Å²) < 4.78 is 7.24. The molecule has 0 fully saturated rings. The summed E-state index contributed by atoms with van der Waals surface area (Å²) in [7, 11) is 0. The predicted molar refractivity (Wildman–Crippen MR) is 95.8 cm³/mol. The molecule has 0 amide bonds. The molecular weight excluding hydrogens is 333 g/mol. The number of ether oxygens (including phenoxy) is 1. The average molecular weight is 354 g/mol. The van der Waals surface area contributed by atoms with E-state index >= 15 is 0 Å². The first kappa shape index (κ1) is 17.9. The molecule has 1 aromatic heterocycles. The third-order valence-corrected chi connectivity index (χ3v) is 4.49. The van der Waals surface area contributed by atoms with Crippen molar-refractivity contribution < 1.29 is 4.74 Å². The lowest BCUT2D eigenvalue weighted by Gasteiger charge is -2.11. The lowest BCUT2D eigenvalue weighted by atomic mass is 10.1. The van der Waals surface area contributed by atoms with Crippen LogP contribution in [-0.4, -0.2) is 11.2 Å². The number of hydrogen-bond acceptors (Lipinski definition) is 2. The van der Waals surface area contributed by atoms with Gasteiger partial charge in [0.25, 0.3) is 5.56 Å². The fourth-order valence-electron chi connectivity index (χ4n) is 2.13. The van der Waals surface area contributed by atoms with Crippen LogP contribution in [0.1, 0.15) is 32.3 Å². The lowest BCUT2D eigenvalue weighted by Crippen LogP contribution is -2.19. The van der Waals surface area contributed by atoms with Crippen molar-refractivity contribution in [3.8, 4) is 5.75 Å². The fraction of sp³-hybridized carbons (Fsp3) is 0.389. The van der Waals surface area contributed by atoms with Gasteiger partial charge in [0, 0.05) is 22.3 Å². The zero-order chi connectivity index (χ0) is 16.8. The Balaban J connectivity index is 2.03. The lowest BCUT2D eigenvalue weighted by molar-refractivity contribution is 0.281. The largest absolute Gasteiger partial charge is 0.493 e. The summed E-state index contributed by atoms with van der Waals surface area (Å²) in [6.07, 6.45) is 3.85. The van der Waals surface area contributed by atoms with E-state index in [2.05, 4.69) is 13.8 Å². The quantitative estimate of drug-likeness (QED) is 0.699. The minimum absolute atomic E-state index is 0.114. The third kappa shape index (κ3) is 5.29. The summed E-state index contributed by atoms with van der Waals surface area (Å²) in [4.78, 5) is 12.2. The predicted octanol–water partition coefficient (Wildman–Crippen LogP) is 5.02. The molecule has 0 saturated carbocycles. The molecule has 0 aliphatic carbocycles. The first-order valence-corrected chi connectivity index (χ1v) is 8.52. The molecule has 2 rings (SSSR count). The molecule has 0 spiro atoms. The maximum absolute atomic E-state index is 12.2. The standard InChI is InChI=1S/C18H21Cl2NO2/c1-3-13(2)7-9-23-16-6-8-21(18(22)11-16)12-14-4-5-15(19)10-17(14)20/h4-6,8,10-11,13H,3,7,9,12H2,1-2H3. The average Bonchev–Trinajstić information content (AvgIpc) is 2.52. The molecule has 0 aliphatic heterocycles. The maximum Gasteiger partial charge on any atom is 0.254 e. The SMILES string of the molecule is CCC(C)CCOc1ccn(Cc2ccc(Cl)cc2Cl)c(=O)c1. The van der Waals surface area contributed by atoms with Crippen molar-refractivity contribution in [1.29, 1.82) is 0 Å². The molecule has 0 saturated heterocycles. The molecule has 1 heterocycles. The van der Waals surface area contributed by atoms with E-state index in [1.807, 2.05) is 12.1 Å². The summed E-state index contributed by atoms with van der Waals surface area (Å²) in [6.45, 7) is 5.38. The molecular formula is C18H21Cl2NO2. The van der Waals surface area contributed by atoms with Crippen molar-refractivity contribution in [2.45, 2.75) is 33.2 Å². The van der Waals surface area contributed by atoms with Crippen molar-refractivity contribution in [3.63, 3.8) is 0 Å². The number of pyridine rings is 1. The smallest absolute Gasteiger partial charge is 0.254 e. The highest BCUT2D eigenvalue weighted by Gasteiger charge is 2.06. The highest BCUT2D eigenvalue weighted by Crippen LogP contribution is 2.21. The van der Waals surface area contributed by atoms with Gasteiger partial charge in [-0.1, -0.05) is 49.5 Å². The maximum atomic E-state index is 12.2. The number of hydrogen-bond donors (Lipinski definition) is 0. The monoisotopic (exact) mass is 353 g/mol. The Hall–Kier alpha value is -1.45. The summed E-state index contributed by atoms with van der Waals surface area (Å²) >= 11 is 12.0. The number of nitrogens with zero attached hydrogens (tertiary/aromatic N) is 1. The van der Waals surface area contributed by atoms with Crippen molar-refractivity contribution in [2.75, 3.05) is 6.61 Å². The number of rotatable bonds is 7. The number of benzene rings is 1. The normalized spacial score (nSPS) is 12.2. The first-order valence-electron chi connectivity index (χ1n) is 7.76. The Kier molecular flexibility index (Phi) is 6.55. The van der Waals surface area contributed by atoms with Gasteiger partial charge < -0.3 is 9.30 Å². The molecule has 23 heavy (non-hydrogen) atoms. The molecule has 5 heteroatoms. The Morgan fingerprint density at radius 3 is 2.65 bits per heavy atom. The van der Waals surface area contributed by atoms with Crippen molar-refractivity contribution in [1.82, 2.24) is 4.57 Å². The number of halogens is 2. The Morgan fingerprint density at radius 1 is 1.22 bits per heavy atom. The van der Waals surface area contributed by atoms with Gasteiger partial charge in [-0.15, -0.1) is 0 Å². The van der Waals surface area contributed by atoms with Crippen LogP contribution in [0.3, 0.4) is 0 Å². The number of aromatic nitrogens is 1. The second-order valence-electron chi connectivity index (χ2n) is 5.71. The second kappa shape index (κ2) is 8.42. The summed E-state index contributed by atoms with van der Waals surface area (Å²) in [6, 6.07) is 8.59. The molecule has 1 atom stereocenters. The van der Waals surface area contributed by atoms with Crippen molar-refractivity contribution in [2.24, 2.45) is 5.92 Å². The Morgan fingerprint density at radius 2 is 2.00 bits per heavy atom. The minimum Gasteiger partial charge on any atom is -0.493 e. The van der Waals surface area contributed by atoms with Crippen molar-refractivity contribution in [3.05, 3.63) is 62.5 Å². The van der Waals surface area contributed by atoms with Gasteiger partial charge in [0.15, 0.2) is 0 Å². The van der Waals surface area contributed by atoms with Gasteiger partial charge in [-0.05, 0) is 36.1 Å². The van der Waals surface area contributed by atoms with Gasteiger partial charge in [-0.3, -0.25) is 4.79 Å². The van der Waals surface area contributed by atoms with Gasteiger partial charge >= 0.3 is 0 Å². The molecule has 0 radical (unpaired) electrons. The van der Waals surface area contributed by atoms with Crippen LogP contribution in [0.5, 0.6) is 5.75 Å². The van der Waals surface area contributed by atoms with Crippen LogP contribution in [0.25, 0.3) is 0 Å². The second-order valence-corrected chi connectivity index (χ2v) is 6.56. The van der Waals surface area contributed by atoms with Crippen LogP contribution in [0.15, 0.2) is 41.3 Å². The van der Waals surface area contributed by atoms with E-state index in [1.165, 1.54) is 6.07 Å². The Bertz CT molecular complexity index is 712. The third-order valence-electron chi connectivity index (χ3n) is 3.90. The first-order chi connectivity index (χ1) is 11.0. The zero-order valence-corrected chi connectivity index (χ0v) is 14.9. The molecule has 0 N–H and O–H groups in total. The molecule has 3 nitrogen and oxygen atoms in total. The highest BCUT2D eigenvalue weighted by atomic mass is 35.5. The van der Waals surface area contributed by atoms with E-state index in [9.17, 15) is 4.79 Å². The van der Waals surface area contributed by atoms with Crippen LogP contribution in [0.2, 0.25) is 10.0 Å². The molecule has 2 aromatic rings. The Labute approximate surface area is 146 Å². The summed E-state index contributed by atoms with van der Waals surface area (Å²) in [5.41, 5.74) is 0.737. The van der Waals surface area contributed by atoms with E-state index < -0.39 is 0 Å². The molecule has 1 unspecified atom stereocenters. The minimum atomic E-state index is -0.114. The fourth-order valence-corrected chi connectivity index (χ4v) is 2.59. The molecule has 0 aliphatic rings. The van der Waals surface area contributed by atoms with Gasteiger partial charge in [-0.25, -0.2) is 0 Å². The zero-order valence-electron chi connectivity index (χ0n) is 13.4. The van der Waals surface area contributed by atoms with Crippen LogP contribution < -0.4 is 10.3 Å². The van der Waals surface area contributed by atoms with E-state index in [-0.39, 0.29) is 5.56 Å². The molecule has 0 bridgehead atoms. The highest BCUT2D eigenvalue weighted by molar-refractivity contribution is 6.35. The van der Waals surface area contributed by atoms with Crippen LogP contribution in [0.4, 0.5) is 0 Å². The van der Waals surface area contributed by atoms with Crippen LogP contribution in [-0.2, 0) is 6.54 Å². The van der Waals surface area contributed by atoms with Crippen LogP contribution >= 0.6 is 23.2 Å². The van der Waals surface area contributed by atoms with E-state index in [1.54, 1.807) is 22.9 Å². The van der Waals surface area contributed by atoms with Gasteiger partial charge in [0.1, 0.15) is 5.75 Å². The van der Waals surface area contributed by atoms with Gasteiger partial charge in [-0.2, -0.15) is 0 Å². The summed E-state index contributed by atoms with van der Waals surface area (Å²) in [5.74, 6) is 1.24. The van der Waals surface area contributed by atoms with E-state index in [0.717, 1.165) is 18.4 Å². The van der Waals surface area contributed by atoms with E-state index in [0.29, 0.717) is 34.9 Å². The topological polar surface area (TPSA) is 31.2 Å².